The van der Waals surface area contributed by atoms with Gasteiger partial charge in [-0.15, -0.1) is 0 Å². The lowest BCUT2D eigenvalue weighted by Gasteiger charge is -2.24. The fraction of sp³-hybridized carbons (Fsp3) is 0.320. The number of rotatable bonds is 14. The molecule has 17 heteroatoms. The van der Waals surface area contributed by atoms with Crippen molar-refractivity contribution in [1.82, 2.24) is 4.98 Å². The molecule has 0 radical (unpaired) electrons. The Morgan fingerprint density at radius 3 is 2.21 bits per heavy atom. The van der Waals surface area contributed by atoms with Crippen LogP contribution in [0.25, 0.3) is 22.6 Å². The van der Waals surface area contributed by atoms with Crippen molar-refractivity contribution in [2.45, 2.75) is 13.8 Å². The molecule has 17 nitrogen and oxygen atoms in total. The molecule has 2 aromatic heterocycles. The maximum Gasteiger partial charge on any atom is 0.378 e. The number of benzene rings is 1. The highest BCUT2D eigenvalue weighted by molar-refractivity contribution is 5.91. The van der Waals surface area contributed by atoms with E-state index < -0.39 is 69.1 Å². The van der Waals surface area contributed by atoms with Crippen molar-refractivity contribution >= 4 is 52.5 Å². The van der Waals surface area contributed by atoms with E-state index in [1.54, 1.807) is 0 Å². The van der Waals surface area contributed by atoms with Gasteiger partial charge in [0.1, 0.15) is 24.4 Å². The normalized spacial score (nSPS) is 10.5. The Bertz CT molecular complexity index is 1490. The highest BCUT2D eigenvalue weighted by Crippen LogP contribution is 2.37. The van der Waals surface area contributed by atoms with E-state index in [1.807, 2.05) is 0 Å². The number of hydrogen-bond acceptors (Lipinski definition) is 16. The number of esters is 5. The predicted molar refractivity (Wildman–Crippen MR) is 134 cm³/mol. The number of furan rings is 1. The predicted octanol–water partition coefficient (Wildman–Crippen LogP) is 1.27. The molecule has 0 spiro atoms. The number of carbonyl (C=O) groups excluding carboxylic acids is 5. The molecule has 0 saturated carbocycles. The molecule has 224 valence electrons. The second-order valence-corrected chi connectivity index (χ2v) is 8.07. The third-order valence-electron chi connectivity index (χ3n) is 5.01. The first kappa shape index (κ1) is 30.9. The molecule has 1 N–H and O–H groups in total. The number of carboxylic acids is 1. The first-order valence-corrected chi connectivity index (χ1v) is 11.8. The number of aromatic nitrogens is 1. The Kier molecular flexibility index (Phi) is 10.4. The lowest BCUT2D eigenvalue weighted by Crippen LogP contribution is -2.35. The number of hydrogen-bond donors (Lipinski definition) is 1. The van der Waals surface area contributed by atoms with Crippen molar-refractivity contribution in [2.75, 3.05) is 45.3 Å². The van der Waals surface area contributed by atoms with Gasteiger partial charge in [-0.05, 0) is 12.1 Å². The van der Waals surface area contributed by atoms with Crippen LogP contribution in [0.2, 0.25) is 0 Å². The highest BCUT2D eigenvalue weighted by Gasteiger charge is 2.24. The minimum absolute atomic E-state index is 0.0330. The first-order valence-electron chi connectivity index (χ1n) is 11.8. The van der Waals surface area contributed by atoms with Crippen LogP contribution in [0.15, 0.2) is 33.2 Å². The second kappa shape index (κ2) is 14.1. The largest absolute Gasteiger partial charge is 0.480 e. The van der Waals surface area contributed by atoms with E-state index in [-0.39, 0.29) is 34.4 Å². The quantitative estimate of drug-likeness (QED) is 0.158. The van der Waals surface area contributed by atoms with Crippen LogP contribution in [0.3, 0.4) is 0 Å². The number of anilines is 1. The van der Waals surface area contributed by atoms with Gasteiger partial charge >= 0.3 is 35.8 Å². The zero-order chi connectivity index (χ0) is 30.8. The maximum atomic E-state index is 12.1. The van der Waals surface area contributed by atoms with Crippen LogP contribution < -0.4 is 9.64 Å². The molecule has 0 bridgehead atoms. The van der Waals surface area contributed by atoms with E-state index >= 15 is 0 Å². The van der Waals surface area contributed by atoms with Gasteiger partial charge in [0.25, 0.3) is 5.89 Å². The molecule has 0 unspecified atom stereocenters. The van der Waals surface area contributed by atoms with Crippen LogP contribution in [0.5, 0.6) is 5.75 Å². The minimum atomic E-state index is -1.29. The van der Waals surface area contributed by atoms with Crippen molar-refractivity contribution in [3.63, 3.8) is 0 Å². The standard InChI is InChI=1S/C25H24N2O15/c1-13(28)37-11-39-23(33)10-36-18-4-15-5-19(24-26-7-20(42-24)25(34)40-12-38-14(2)29)41-17(15)6-16(18)27(8-21(30)31)9-22(32)35-3/h4-7H,8-12H2,1-3H3,(H,30,31). The molecule has 0 aliphatic rings. The van der Waals surface area contributed by atoms with Gasteiger partial charge in [-0.25, -0.2) is 14.6 Å². The summed E-state index contributed by atoms with van der Waals surface area (Å²) in [7, 11) is 1.12. The van der Waals surface area contributed by atoms with Crippen molar-refractivity contribution < 1.29 is 71.1 Å². The number of nitrogens with zero attached hydrogens (tertiary/aromatic N) is 2. The number of aliphatic carboxylic acids is 1. The van der Waals surface area contributed by atoms with Gasteiger partial charge in [-0.1, -0.05) is 0 Å². The highest BCUT2D eigenvalue weighted by atomic mass is 16.7. The van der Waals surface area contributed by atoms with Crippen LogP contribution in [-0.4, -0.2) is 86.3 Å². The zero-order valence-electron chi connectivity index (χ0n) is 22.4. The monoisotopic (exact) mass is 592 g/mol. The van der Waals surface area contributed by atoms with E-state index in [0.29, 0.717) is 5.39 Å². The van der Waals surface area contributed by atoms with Crippen molar-refractivity contribution in [1.29, 1.82) is 0 Å². The molecule has 0 aliphatic carbocycles. The van der Waals surface area contributed by atoms with Gasteiger partial charge in [-0.3, -0.25) is 19.2 Å². The van der Waals surface area contributed by atoms with Crippen LogP contribution in [0, 0.1) is 0 Å². The fourth-order valence-corrected chi connectivity index (χ4v) is 3.21. The first-order chi connectivity index (χ1) is 20.0. The number of ether oxygens (including phenoxy) is 6. The molecule has 0 amide bonds. The summed E-state index contributed by atoms with van der Waals surface area (Å²) in [6, 6.07) is 4.19. The molecular weight excluding hydrogens is 568 g/mol. The summed E-state index contributed by atoms with van der Waals surface area (Å²) >= 11 is 0. The van der Waals surface area contributed by atoms with E-state index in [9.17, 15) is 33.9 Å². The third kappa shape index (κ3) is 8.70. The molecule has 42 heavy (non-hydrogen) atoms. The van der Waals surface area contributed by atoms with Crippen molar-refractivity contribution in [2.24, 2.45) is 0 Å². The van der Waals surface area contributed by atoms with Crippen LogP contribution in [0.4, 0.5) is 5.69 Å². The van der Waals surface area contributed by atoms with E-state index in [0.717, 1.165) is 32.1 Å². The molecule has 0 fully saturated rings. The van der Waals surface area contributed by atoms with E-state index in [2.05, 4.69) is 19.2 Å². The number of carbonyl (C=O) groups is 6. The molecule has 1 aromatic carbocycles. The van der Waals surface area contributed by atoms with Crippen LogP contribution >= 0.6 is 0 Å². The summed E-state index contributed by atoms with van der Waals surface area (Å²) in [6.07, 6.45) is 1.06. The van der Waals surface area contributed by atoms with Gasteiger partial charge in [0.2, 0.25) is 19.3 Å². The molecular formula is C25H24N2O15. The molecule has 0 saturated heterocycles. The summed E-state index contributed by atoms with van der Waals surface area (Å²) in [5.74, 6) is -5.74. The van der Waals surface area contributed by atoms with Crippen molar-refractivity contribution in [3.05, 3.63) is 30.2 Å². The smallest absolute Gasteiger partial charge is 0.378 e. The van der Waals surface area contributed by atoms with E-state index in [4.69, 9.17) is 23.0 Å². The van der Waals surface area contributed by atoms with Crippen LogP contribution in [0.1, 0.15) is 24.4 Å². The Balaban J connectivity index is 1.92. The molecule has 2 heterocycles. The SMILES string of the molecule is COC(=O)CN(CC(=O)O)c1cc2oc(-c3ncc(C(=O)OCOC(C)=O)o3)cc2cc1OCC(=O)OCOC(C)=O. The van der Waals surface area contributed by atoms with Gasteiger partial charge in [0, 0.05) is 25.3 Å². The van der Waals surface area contributed by atoms with Gasteiger partial charge in [0.05, 0.1) is 19.0 Å². The summed E-state index contributed by atoms with van der Waals surface area (Å²) in [5.41, 5.74) is 0.188. The Labute approximate surface area is 235 Å². The second-order valence-electron chi connectivity index (χ2n) is 8.07. The third-order valence-corrected chi connectivity index (χ3v) is 5.01. The lowest BCUT2D eigenvalue weighted by atomic mass is 10.2. The van der Waals surface area contributed by atoms with Crippen molar-refractivity contribution in [3.8, 4) is 17.4 Å². The van der Waals surface area contributed by atoms with Gasteiger partial charge < -0.3 is 47.3 Å². The number of methoxy groups -OCH3 is 1. The summed E-state index contributed by atoms with van der Waals surface area (Å²) in [6.45, 7) is -0.860. The molecule has 3 rings (SSSR count). The maximum absolute atomic E-state index is 12.1. The molecule has 3 aromatic rings. The molecule has 0 atom stereocenters. The Hall–Kier alpha value is -5.61. The van der Waals surface area contributed by atoms with Gasteiger partial charge in [-0.2, -0.15) is 0 Å². The summed E-state index contributed by atoms with van der Waals surface area (Å²) < 4.78 is 39.9. The van der Waals surface area contributed by atoms with E-state index in [1.165, 1.54) is 18.2 Å². The molecule has 0 aliphatic heterocycles. The Morgan fingerprint density at radius 1 is 0.881 bits per heavy atom. The average molecular weight is 592 g/mol. The summed E-state index contributed by atoms with van der Waals surface area (Å²) in [5, 5.41) is 9.78. The lowest BCUT2D eigenvalue weighted by molar-refractivity contribution is -0.167. The van der Waals surface area contributed by atoms with Gasteiger partial charge in [0.15, 0.2) is 12.4 Å². The number of fused-ring (bicyclic) bond motifs is 1. The average Bonchev–Trinajstić information content (AvgIpc) is 3.57. The Morgan fingerprint density at radius 2 is 1.57 bits per heavy atom. The number of oxazole rings is 1. The van der Waals surface area contributed by atoms with Crippen LogP contribution in [-0.2, 0) is 47.7 Å². The topological polar surface area (TPSA) is 220 Å². The fourth-order valence-electron chi connectivity index (χ4n) is 3.21. The zero-order valence-corrected chi connectivity index (χ0v) is 22.4. The minimum Gasteiger partial charge on any atom is -0.480 e. The summed E-state index contributed by atoms with van der Waals surface area (Å²) in [4.78, 5) is 74.5. The number of carboxylic acid groups (broad SMARTS) is 1.